The first kappa shape index (κ1) is 11.3. The smallest absolute Gasteiger partial charge is 0.335 e. The van der Waals surface area contributed by atoms with Gasteiger partial charge in [0.15, 0.2) is 0 Å². The minimum atomic E-state index is -0.912. The van der Waals surface area contributed by atoms with Gasteiger partial charge in [0, 0.05) is 5.56 Å². The lowest BCUT2D eigenvalue weighted by molar-refractivity contribution is 0.0696. The predicted octanol–water partition coefficient (Wildman–Crippen LogP) is 1.26. The molecule has 78 valence electrons. The van der Waals surface area contributed by atoms with Gasteiger partial charge < -0.3 is 10.4 Å². The lowest BCUT2D eigenvalue weighted by Gasteiger charge is -2.00. The first-order valence-corrected chi connectivity index (χ1v) is 4.62. The maximum Gasteiger partial charge on any atom is 0.335 e. The Hall–Kier alpha value is -1.79. The van der Waals surface area contributed by atoms with E-state index in [9.17, 15) is 4.79 Å². The van der Waals surface area contributed by atoms with Gasteiger partial charge in [-0.2, -0.15) is 0 Å². The Morgan fingerprint density at radius 2 is 2.27 bits per heavy atom. The van der Waals surface area contributed by atoms with Crippen molar-refractivity contribution in [1.82, 2.24) is 5.32 Å². The van der Waals surface area contributed by atoms with E-state index in [2.05, 4.69) is 17.2 Å². The molecule has 0 unspecified atom stereocenters. The van der Waals surface area contributed by atoms with Crippen molar-refractivity contribution in [3.05, 3.63) is 34.9 Å². The van der Waals surface area contributed by atoms with Crippen molar-refractivity contribution in [3.63, 3.8) is 0 Å². The number of carboxylic acid groups (broad SMARTS) is 1. The van der Waals surface area contributed by atoms with Gasteiger partial charge in [-0.1, -0.05) is 17.9 Å². The zero-order valence-electron chi connectivity index (χ0n) is 8.79. The highest BCUT2D eigenvalue weighted by Crippen LogP contribution is 2.10. The summed E-state index contributed by atoms with van der Waals surface area (Å²) in [6.07, 6.45) is 0. The van der Waals surface area contributed by atoms with Crippen molar-refractivity contribution in [1.29, 1.82) is 0 Å². The van der Waals surface area contributed by atoms with Crippen LogP contribution in [0.25, 0.3) is 0 Å². The molecule has 0 radical (unpaired) electrons. The molecule has 0 heterocycles. The summed E-state index contributed by atoms with van der Waals surface area (Å²) < 4.78 is 0. The summed E-state index contributed by atoms with van der Waals surface area (Å²) in [6.45, 7) is 2.37. The maximum atomic E-state index is 10.8. The normalized spacial score (nSPS) is 9.20. The molecule has 0 saturated carbocycles. The predicted molar refractivity (Wildman–Crippen MR) is 58.9 cm³/mol. The lowest BCUT2D eigenvalue weighted by Crippen LogP contribution is -2.04. The molecule has 0 aliphatic rings. The minimum Gasteiger partial charge on any atom is -0.478 e. The third-order valence-electron chi connectivity index (χ3n) is 1.97. The van der Waals surface area contributed by atoms with E-state index in [0.717, 1.165) is 11.1 Å². The Bertz CT molecular complexity index is 427. The molecule has 1 rings (SSSR count). The maximum absolute atomic E-state index is 10.8. The van der Waals surface area contributed by atoms with Crippen LogP contribution >= 0.6 is 0 Å². The summed E-state index contributed by atoms with van der Waals surface area (Å²) in [4.78, 5) is 10.8. The molecule has 0 atom stereocenters. The average molecular weight is 203 g/mol. The summed E-state index contributed by atoms with van der Waals surface area (Å²) in [5.41, 5.74) is 1.79. The fraction of sp³-hybridized carbons (Fsp3) is 0.250. The van der Waals surface area contributed by atoms with Crippen LogP contribution in [-0.4, -0.2) is 24.7 Å². The van der Waals surface area contributed by atoms with Crippen LogP contribution in [0, 0.1) is 18.8 Å². The number of carbonyl (C=O) groups is 1. The van der Waals surface area contributed by atoms with Crippen LogP contribution in [-0.2, 0) is 0 Å². The van der Waals surface area contributed by atoms with E-state index >= 15 is 0 Å². The van der Waals surface area contributed by atoms with E-state index in [1.807, 2.05) is 13.1 Å². The third-order valence-corrected chi connectivity index (χ3v) is 1.97. The molecule has 0 aromatic heterocycles. The van der Waals surface area contributed by atoms with Gasteiger partial charge in [0.05, 0.1) is 12.1 Å². The van der Waals surface area contributed by atoms with Gasteiger partial charge in [-0.25, -0.2) is 4.79 Å². The van der Waals surface area contributed by atoms with Gasteiger partial charge >= 0.3 is 5.97 Å². The van der Waals surface area contributed by atoms with Crippen molar-refractivity contribution in [2.45, 2.75) is 6.92 Å². The first-order chi connectivity index (χ1) is 7.15. The van der Waals surface area contributed by atoms with Crippen LogP contribution in [0.3, 0.4) is 0 Å². The number of aromatic carboxylic acids is 1. The van der Waals surface area contributed by atoms with Crippen molar-refractivity contribution < 1.29 is 9.90 Å². The summed E-state index contributed by atoms with van der Waals surface area (Å²) in [5, 5.41) is 11.8. The molecule has 0 aliphatic heterocycles. The number of carboxylic acids is 1. The number of nitrogens with one attached hydrogen (secondary N) is 1. The van der Waals surface area contributed by atoms with Crippen LogP contribution in [0.15, 0.2) is 18.2 Å². The second-order valence-corrected chi connectivity index (χ2v) is 3.17. The summed E-state index contributed by atoms with van der Waals surface area (Å²) >= 11 is 0. The molecule has 1 aromatic carbocycles. The fourth-order valence-corrected chi connectivity index (χ4v) is 1.16. The van der Waals surface area contributed by atoms with Crippen molar-refractivity contribution in [2.24, 2.45) is 0 Å². The Morgan fingerprint density at radius 3 is 2.87 bits per heavy atom. The molecule has 1 aromatic rings. The first-order valence-electron chi connectivity index (χ1n) is 4.62. The monoisotopic (exact) mass is 203 g/mol. The topological polar surface area (TPSA) is 49.3 Å². The molecule has 3 nitrogen and oxygen atoms in total. The molecule has 0 aliphatic carbocycles. The second kappa shape index (κ2) is 5.18. The Labute approximate surface area is 89.1 Å². The molecule has 0 bridgehead atoms. The quantitative estimate of drug-likeness (QED) is 0.711. The van der Waals surface area contributed by atoms with E-state index in [-0.39, 0.29) is 0 Å². The van der Waals surface area contributed by atoms with E-state index in [1.54, 1.807) is 19.1 Å². The Balaban J connectivity index is 2.99. The van der Waals surface area contributed by atoms with Gasteiger partial charge in [0.1, 0.15) is 0 Å². The van der Waals surface area contributed by atoms with Gasteiger partial charge in [0.25, 0.3) is 0 Å². The minimum absolute atomic E-state index is 0.311. The van der Waals surface area contributed by atoms with Gasteiger partial charge in [0.2, 0.25) is 0 Å². The Kier molecular flexibility index (Phi) is 3.90. The van der Waals surface area contributed by atoms with E-state index in [1.165, 1.54) is 0 Å². The number of aryl methyl sites for hydroxylation is 1. The molecule has 15 heavy (non-hydrogen) atoms. The number of hydrogen-bond donors (Lipinski definition) is 2. The summed E-state index contributed by atoms with van der Waals surface area (Å²) in [6, 6.07) is 5.19. The molecular formula is C12H13NO2. The highest BCUT2D eigenvalue weighted by Gasteiger charge is 2.06. The summed E-state index contributed by atoms with van der Waals surface area (Å²) in [7, 11) is 1.81. The lowest BCUT2D eigenvalue weighted by atomic mass is 10.1. The van der Waals surface area contributed by atoms with Gasteiger partial charge in [-0.05, 0) is 31.7 Å². The zero-order chi connectivity index (χ0) is 11.3. The standard InChI is InChI=1S/C12H13NO2/c1-9-5-6-10(4-3-7-13-2)8-11(9)12(14)15/h5-6,8,13H,7H2,1-2H3,(H,14,15). The fourth-order valence-electron chi connectivity index (χ4n) is 1.16. The number of benzene rings is 1. The molecule has 0 spiro atoms. The van der Waals surface area contributed by atoms with E-state index in [4.69, 9.17) is 5.11 Å². The Morgan fingerprint density at radius 1 is 1.53 bits per heavy atom. The van der Waals surface area contributed by atoms with E-state index in [0.29, 0.717) is 12.1 Å². The van der Waals surface area contributed by atoms with Crippen LogP contribution in [0.4, 0.5) is 0 Å². The van der Waals surface area contributed by atoms with Crippen molar-refractivity contribution in [2.75, 3.05) is 13.6 Å². The largest absolute Gasteiger partial charge is 0.478 e. The highest BCUT2D eigenvalue weighted by atomic mass is 16.4. The number of hydrogen-bond acceptors (Lipinski definition) is 2. The van der Waals surface area contributed by atoms with E-state index < -0.39 is 5.97 Å². The molecular weight excluding hydrogens is 190 g/mol. The third kappa shape index (κ3) is 3.12. The molecule has 3 heteroatoms. The van der Waals surface area contributed by atoms with Crippen LogP contribution in [0.2, 0.25) is 0 Å². The average Bonchev–Trinajstić information content (AvgIpc) is 2.20. The molecule has 2 N–H and O–H groups in total. The molecule has 0 saturated heterocycles. The van der Waals surface area contributed by atoms with Gasteiger partial charge in [-0.15, -0.1) is 0 Å². The zero-order valence-corrected chi connectivity index (χ0v) is 8.79. The number of rotatable bonds is 2. The summed E-state index contributed by atoms with van der Waals surface area (Å²) in [5.74, 6) is 4.86. The van der Waals surface area contributed by atoms with Crippen LogP contribution in [0.5, 0.6) is 0 Å². The SMILES string of the molecule is CNCC#Cc1ccc(C)c(C(=O)O)c1. The molecule has 0 fully saturated rings. The van der Waals surface area contributed by atoms with Crippen LogP contribution in [0.1, 0.15) is 21.5 Å². The van der Waals surface area contributed by atoms with Gasteiger partial charge in [-0.3, -0.25) is 0 Å². The van der Waals surface area contributed by atoms with Crippen LogP contribution < -0.4 is 5.32 Å². The van der Waals surface area contributed by atoms with Crippen molar-refractivity contribution >= 4 is 5.97 Å². The second-order valence-electron chi connectivity index (χ2n) is 3.17. The van der Waals surface area contributed by atoms with Crippen molar-refractivity contribution in [3.8, 4) is 11.8 Å². The highest BCUT2D eigenvalue weighted by molar-refractivity contribution is 5.89. The molecule has 0 amide bonds.